The topological polar surface area (TPSA) is 82.6 Å². The molecule has 0 spiro atoms. The fourth-order valence-corrected chi connectivity index (χ4v) is 3.26. The maximum Gasteiger partial charge on any atom is 0.321 e. The first-order valence-electron chi connectivity index (χ1n) is 10.1. The van der Waals surface area contributed by atoms with E-state index >= 15 is 0 Å². The van der Waals surface area contributed by atoms with Crippen molar-refractivity contribution in [2.45, 2.75) is 6.54 Å². The van der Waals surface area contributed by atoms with Gasteiger partial charge in [0.25, 0.3) is 5.91 Å². The number of ether oxygens (including phenoxy) is 3. The second kappa shape index (κ2) is 8.77. The molecule has 1 aromatic heterocycles. The molecule has 5 rings (SSSR count). The summed E-state index contributed by atoms with van der Waals surface area (Å²) in [6, 6.07) is 22.6. The monoisotopic (exact) mass is 425 g/mol. The lowest BCUT2D eigenvalue weighted by Crippen LogP contribution is -2.22. The van der Waals surface area contributed by atoms with Crippen molar-refractivity contribution < 1.29 is 19.0 Å². The van der Waals surface area contributed by atoms with E-state index < -0.39 is 0 Å². The quantitative estimate of drug-likeness (QED) is 0.486. The highest BCUT2D eigenvalue weighted by Gasteiger charge is 2.14. The van der Waals surface area contributed by atoms with Crippen molar-refractivity contribution in [2.75, 3.05) is 6.79 Å². The first kappa shape index (κ1) is 19.6. The third kappa shape index (κ3) is 4.37. The Hall–Kier alpha value is -4.39. The first-order chi connectivity index (χ1) is 15.7. The minimum atomic E-state index is -0.155. The van der Waals surface area contributed by atoms with Gasteiger partial charge >= 0.3 is 6.01 Å². The second-order valence-corrected chi connectivity index (χ2v) is 7.12. The van der Waals surface area contributed by atoms with Crippen LogP contribution in [0.5, 0.6) is 23.3 Å². The molecule has 1 aliphatic heterocycles. The van der Waals surface area contributed by atoms with Crippen LogP contribution < -0.4 is 19.5 Å². The van der Waals surface area contributed by atoms with Crippen LogP contribution in [0.15, 0.2) is 85.2 Å². The number of hydrogen-bond acceptors (Lipinski definition) is 6. The van der Waals surface area contributed by atoms with E-state index in [9.17, 15) is 4.79 Å². The van der Waals surface area contributed by atoms with E-state index in [1.54, 1.807) is 24.5 Å². The summed E-state index contributed by atoms with van der Waals surface area (Å²) < 4.78 is 16.3. The third-order valence-electron chi connectivity index (χ3n) is 4.95. The van der Waals surface area contributed by atoms with E-state index in [2.05, 4.69) is 15.3 Å². The van der Waals surface area contributed by atoms with Crippen LogP contribution >= 0.6 is 0 Å². The molecule has 0 bridgehead atoms. The van der Waals surface area contributed by atoms with Gasteiger partial charge in [-0.3, -0.25) is 4.79 Å². The molecule has 1 N–H and O–H groups in total. The third-order valence-corrected chi connectivity index (χ3v) is 4.95. The number of carbonyl (C=O) groups is 1. The molecule has 1 aliphatic rings. The minimum Gasteiger partial charge on any atom is -0.454 e. The number of nitrogens with one attached hydrogen (secondary N) is 1. The van der Waals surface area contributed by atoms with Gasteiger partial charge < -0.3 is 19.5 Å². The molecule has 0 saturated heterocycles. The minimum absolute atomic E-state index is 0.155. The van der Waals surface area contributed by atoms with Gasteiger partial charge in [0.15, 0.2) is 11.5 Å². The molecule has 158 valence electrons. The number of carbonyl (C=O) groups excluding carboxylic acids is 1. The highest BCUT2D eigenvalue weighted by atomic mass is 16.7. The van der Waals surface area contributed by atoms with Crippen LogP contribution in [0.1, 0.15) is 15.9 Å². The number of rotatable bonds is 6. The number of hydrogen-bond donors (Lipinski definition) is 1. The van der Waals surface area contributed by atoms with Crippen molar-refractivity contribution in [1.82, 2.24) is 15.3 Å². The Labute approximate surface area is 184 Å². The van der Waals surface area contributed by atoms with Gasteiger partial charge in [0.1, 0.15) is 5.75 Å². The number of para-hydroxylation sites is 1. The standard InChI is InChI=1S/C25H19N3O4/c29-24(26-13-17-6-11-22-23(12-17)31-16-30-22)19-9-7-18(8-10-19)20-14-27-25(28-15-20)32-21-4-2-1-3-5-21/h1-12,14-15H,13,16H2,(H,26,29). The Morgan fingerprint density at radius 2 is 1.62 bits per heavy atom. The van der Waals surface area contributed by atoms with Crippen molar-refractivity contribution in [3.05, 3.63) is 96.3 Å². The average Bonchev–Trinajstić information content (AvgIpc) is 3.32. The zero-order chi connectivity index (χ0) is 21.8. The molecule has 4 aromatic rings. The van der Waals surface area contributed by atoms with E-state index in [-0.39, 0.29) is 18.7 Å². The van der Waals surface area contributed by atoms with E-state index in [4.69, 9.17) is 14.2 Å². The Morgan fingerprint density at radius 3 is 2.41 bits per heavy atom. The van der Waals surface area contributed by atoms with Gasteiger partial charge in [-0.25, -0.2) is 9.97 Å². The zero-order valence-corrected chi connectivity index (χ0v) is 17.0. The lowest BCUT2D eigenvalue weighted by atomic mass is 10.1. The summed E-state index contributed by atoms with van der Waals surface area (Å²) >= 11 is 0. The highest BCUT2D eigenvalue weighted by molar-refractivity contribution is 5.94. The molecular formula is C25H19N3O4. The lowest BCUT2D eigenvalue weighted by molar-refractivity contribution is 0.0951. The predicted octanol–water partition coefficient (Wildman–Crippen LogP) is 4.59. The van der Waals surface area contributed by atoms with Gasteiger partial charge in [0.05, 0.1) is 0 Å². The SMILES string of the molecule is O=C(NCc1ccc2c(c1)OCO2)c1ccc(-c2cnc(Oc3ccccc3)nc2)cc1. The molecule has 3 aromatic carbocycles. The second-order valence-electron chi connectivity index (χ2n) is 7.12. The van der Waals surface area contributed by atoms with Crippen LogP contribution in [-0.2, 0) is 6.54 Å². The van der Waals surface area contributed by atoms with E-state index in [1.165, 1.54) is 0 Å². The molecule has 0 aliphatic carbocycles. The molecule has 7 nitrogen and oxygen atoms in total. The maximum absolute atomic E-state index is 12.5. The summed E-state index contributed by atoms with van der Waals surface area (Å²) in [6.07, 6.45) is 3.39. The van der Waals surface area contributed by atoms with Gasteiger partial charge in [-0.1, -0.05) is 36.4 Å². The van der Waals surface area contributed by atoms with Crippen LogP contribution in [-0.4, -0.2) is 22.7 Å². The summed E-state index contributed by atoms with van der Waals surface area (Å²) in [5.41, 5.74) is 3.25. The van der Waals surface area contributed by atoms with Gasteiger partial charge in [0, 0.05) is 30.1 Å². The van der Waals surface area contributed by atoms with Crippen LogP contribution in [0.2, 0.25) is 0 Å². The van der Waals surface area contributed by atoms with Crippen molar-refractivity contribution in [1.29, 1.82) is 0 Å². The van der Waals surface area contributed by atoms with Crippen LogP contribution in [0.3, 0.4) is 0 Å². The highest BCUT2D eigenvalue weighted by Crippen LogP contribution is 2.32. The number of amides is 1. The largest absolute Gasteiger partial charge is 0.454 e. The summed E-state index contributed by atoms with van der Waals surface area (Å²) in [6.45, 7) is 0.624. The molecular weight excluding hydrogens is 406 g/mol. The smallest absolute Gasteiger partial charge is 0.321 e. The van der Waals surface area contributed by atoms with Crippen molar-refractivity contribution in [2.24, 2.45) is 0 Å². The Bertz CT molecular complexity index is 1230. The zero-order valence-electron chi connectivity index (χ0n) is 17.0. The van der Waals surface area contributed by atoms with E-state index in [0.717, 1.165) is 22.4 Å². The normalized spacial score (nSPS) is 11.8. The lowest BCUT2D eigenvalue weighted by Gasteiger charge is -2.08. The summed E-state index contributed by atoms with van der Waals surface area (Å²) in [4.78, 5) is 21.0. The molecule has 32 heavy (non-hydrogen) atoms. The van der Waals surface area contributed by atoms with Crippen molar-refractivity contribution >= 4 is 5.91 Å². The number of fused-ring (bicyclic) bond motifs is 1. The Balaban J connectivity index is 1.20. The number of benzene rings is 3. The van der Waals surface area contributed by atoms with Crippen molar-refractivity contribution in [3.8, 4) is 34.4 Å². The van der Waals surface area contributed by atoms with Crippen LogP contribution in [0.25, 0.3) is 11.1 Å². The fraction of sp³-hybridized carbons (Fsp3) is 0.0800. The van der Waals surface area contributed by atoms with Gasteiger partial charge in [-0.05, 0) is 47.5 Å². The molecule has 0 atom stereocenters. The number of aromatic nitrogens is 2. The Kier molecular flexibility index (Phi) is 5.36. The molecule has 0 unspecified atom stereocenters. The van der Waals surface area contributed by atoms with Crippen molar-refractivity contribution in [3.63, 3.8) is 0 Å². The molecule has 0 saturated carbocycles. The van der Waals surface area contributed by atoms with Crippen LogP contribution in [0, 0.1) is 0 Å². The molecule has 2 heterocycles. The average molecular weight is 425 g/mol. The summed E-state index contributed by atoms with van der Waals surface area (Å²) in [5.74, 6) is 1.94. The van der Waals surface area contributed by atoms with Gasteiger partial charge in [-0.15, -0.1) is 0 Å². The molecule has 0 radical (unpaired) electrons. The van der Waals surface area contributed by atoms with Gasteiger partial charge in [0.2, 0.25) is 6.79 Å². The van der Waals surface area contributed by atoms with E-state index in [0.29, 0.717) is 23.6 Å². The fourth-order valence-electron chi connectivity index (χ4n) is 3.26. The Morgan fingerprint density at radius 1 is 0.875 bits per heavy atom. The van der Waals surface area contributed by atoms with Crippen LogP contribution in [0.4, 0.5) is 0 Å². The summed E-state index contributed by atoms with van der Waals surface area (Å²) in [7, 11) is 0. The molecule has 1 amide bonds. The maximum atomic E-state index is 12.5. The first-order valence-corrected chi connectivity index (χ1v) is 10.1. The summed E-state index contributed by atoms with van der Waals surface area (Å²) in [5, 5.41) is 2.92. The van der Waals surface area contributed by atoms with Gasteiger partial charge in [-0.2, -0.15) is 0 Å². The number of nitrogens with zero attached hydrogens (tertiary/aromatic N) is 2. The molecule has 0 fully saturated rings. The predicted molar refractivity (Wildman–Crippen MR) is 118 cm³/mol. The molecule has 7 heteroatoms. The van der Waals surface area contributed by atoms with E-state index in [1.807, 2.05) is 60.7 Å².